The third-order valence-corrected chi connectivity index (χ3v) is 4.37. The lowest BCUT2D eigenvalue weighted by Gasteiger charge is -2.11. The van der Waals surface area contributed by atoms with E-state index in [0.717, 1.165) is 23.6 Å². The summed E-state index contributed by atoms with van der Waals surface area (Å²) in [6, 6.07) is 17.5. The van der Waals surface area contributed by atoms with Crippen molar-refractivity contribution in [1.29, 1.82) is 0 Å². The van der Waals surface area contributed by atoms with E-state index >= 15 is 0 Å². The Morgan fingerprint density at radius 1 is 1.09 bits per heavy atom. The van der Waals surface area contributed by atoms with Crippen LogP contribution in [-0.4, -0.2) is 11.5 Å². The molecule has 0 radical (unpaired) electrons. The van der Waals surface area contributed by atoms with Gasteiger partial charge in [-0.15, -0.1) is 11.8 Å². The van der Waals surface area contributed by atoms with Crippen molar-refractivity contribution in [3.05, 3.63) is 71.9 Å². The predicted octanol–water partition coefficient (Wildman–Crippen LogP) is 5.39. The summed E-state index contributed by atoms with van der Waals surface area (Å²) in [6.45, 7) is 4.09. The number of benzene rings is 2. The van der Waals surface area contributed by atoms with E-state index in [1.807, 2.05) is 67.2 Å². The van der Waals surface area contributed by atoms with E-state index < -0.39 is 0 Å². The minimum absolute atomic E-state index is 0.0179. The van der Waals surface area contributed by atoms with Gasteiger partial charge in [-0.2, -0.15) is 0 Å². The number of hydrogen-bond acceptors (Lipinski definition) is 3. The molecule has 0 saturated heterocycles. The molecule has 0 saturated carbocycles. The first-order valence-electron chi connectivity index (χ1n) is 7.47. The Morgan fingerprint density at radius 2 is 1.77 bits per heavy atom. The van der Waals surface area contributed by atoms with Gasteiger partial charge in [-0.05, 0) is 31.2 Å². The molecule has 0 bridgehead atoms. The van der Waals surface area contributed by atoms with Crippen molar-refractivity contribution in [2.24, 2.45) is 0 Å². The van der Waals surface area contributed by atoms with Crippen LogP contribution in [0.25, 0.3) is 0 Å². The number of rotatable bonds is 7. The Balaban J connectivity index is 2.10. The molecule has 0 unspecified atom stereocenters. The van der Waals surface area contributed by atoms with Gasteiger partial charge in [0.25, 0.3) is 0 Å². The summed E-state index contributed by atoms with van der Waals surface area (Å²) in [4.78, 5) is 13.4. The molecule has 114 valence electrons. The highest BCUT2D eigenvalue weighted by Crippen LogP contribution is 2.28. The molecular formula is C19H21NOS. The topological polar surface area (TPSA) is 29.1 Å². The summed E-state index contributed by atoms with van der Waals surface area (Å²) in [6.07, 6.45) is 2.79. The Labute approximate surface area is 136 Å². The fourth-order valence-electron chi connectivity index (χ4n) is 2.04. The first-order valence-corrected chi connectivity index (χ1v) is 8.46. The maximum Gasteiger partial charge on any atom is 0.187 e. The molecule has 0 heterocycles. The monoisotopic (exact) mass is 311 g/mol. The zero-order chi connectivity index (χ0) is 15.8. The summed E-state index contributed by atoms with van der Waals surface area (Å²) in [7, 11) is 0. The van der Waals surface area contributed by atoms with Crippen molar-refractivity contribution in [2.45, 2.75) is 25.2 Å². The molecule has 2 nitrogen and oxygen atoms in total. The summed E-state index contributed by atoms with van der Waals surface area (Å²) in [5.41, 5.74) is 2.60. The molecule has 2 aromatic rings. The van der Waals surface area contributed by atoms with Crippen molar-refractivity contribution in [2.75, 3.05) is 11.1 Å². The van der Waals surface area contributed by atoms with Crippen LogP contribution >= 0.6 is 11.8 Å². The number of anilines is 1. The van der Waals surface area contributed by atoms with E-state index in [1.54, 1.807) is 6.08 Å². The van der Waals surface area contributed by atoms with E-state index in [4.69, 9.17) is 0 Å². The normalized spacial score (nSPS) is 11.3. The summed E-state index contributed by atoms with van der Waals surface area (Å²) in [5.74, 6) is 1.11. The number of nitrogens with one attached hydrogen (secondary N) is 1. The van der Waals surface area contributed by atoms with Gasteiger partial charge in [0.05, 0.1) is 5.69 Å². The standard InChI is InChI=1S/C19H21NOS/c1-3-13-22-19-12-8-7-11-17(19)20-15(2)14-18(21)16-9-5-4-6-10-16/h4-12,14,20H,3,13H2,1-2H3. The number of hydrogen-bond donors (Lipinski definition) is 1. The maximum absolute atomic E-state index is 12.2. The SMILES string of the molecule is CCCSc1ccccc1NC(C)=CC(=O)c1ccccc1. The van der Waals surface area contributed by atoms with Gasteiger partial charge < -0.3 is 5.32 Å². The number of carbonyl (C=O) groups excluding carboxylic acids is 1. The van der Waals surface area contributed by atoms with E-state index in [9.17, 15) is 4.79 Å². The molecule has 22 heavy (non-hydrogen) atoms. The highest BCUT2D eigenvalue weighted by atomic mass is 32.2. The number of carbonyl (C=O) groups is 1. The number of para-hydroxylation sites is 1. The molecule has 2 rings (SSSR count). The zero-order valence-corrected chi connectivity index (χ0v) is 13.8. The van der Waals surface area contributed by atoms with E-state index in [2.05, 4.69) is 18.3 Å². The summed E-state index contributed by atoms with van der Waals surface area (Å²) < 4.78 is 0. The van der Waals surface area contributed by atoms with Crippen LogP contribution in [0.3, 0.4) is 0 Å². The largest absolute Gasteiger partial charge is 0.358 e. The van der Waals surface area contributed by atoms with Crippen molar-refractivity contribution in [3.63, 3.8) is 0 Å². The van der Waals surface area contributed by atoms with E-state index in [1.165, 1.54) is 4.90 Å². The minimum Gasteiger partial charge on any atom is -0.358 e. The Morgan fingerprint density at radius 3 is 2.50 bits per heavy atom. The molecule has 0 aliphatic rings. The first kappa shape index (κ1) is 16.4. The highest BCUT2D eigenvalue weighted by Gasteiger charge is 2.05. The van der Waals surface area contributed by atoms with Crippen LogP contribution in [0, 0.1) is 0 Å². The molecule has 0 aliphatic carbocycles. The van der Waals surface area contributed by atoms with Crippen molar-refractivity contribution < 1.29 is 4.79 Å². The Kier molecular flexibility index (Phi) is 6.28. The van der Waals surface area contributed by atoms with Gasteiger partial charge >= 0.3 is 0 Å². The lowest BCUT2D eigenvalue weighted by Crippen LogP contribution is -2.02. The van der Waals surface area contributed by atoms with Gasteiger partial charge in [-0.25, -0.2) is 0 Å². The quantitative estimate of drug-likeness (QED) is 0.422. The molecular weight excluding hydrogens is 290 g/mol. The van der Waals surface area contributed by atoms with E-state index in [-0.39, 0.29) is 5.78 Å². The minimum atomic E-state index is 0.0179. The van der Waals surface area contributed by atoms with Gasteiger partial charge in [0.15, 0.2) is 5.78 Å². The maximum atomic E-state index is 12.2. The molecule has 0 aliphatic heterocycles. The van der Waals surface area contributed by atoms with Gasteiger partial charge in [0, 0.05) is 22.2 Å². The molecule has 0 atom stereocenters. The third-order valence-electron chi connectivity index (χ3n) is 3.09. The van der Waals surface area contributed by atoms with Crippen molar-refractivity contribution >= 4 is 23.2 Å². The van der Waals surface area contributed by atoms with Crippen LogP contribution in [-0.2, 0) is 0 Å². The van der Waals surface area contributed by atoms with E-state index in [0.29, 0.717) is 5.56 Å². The van der Waals surface area contributed by atoms with Gasteiger partial charge in [-0.1, -0.05) is 49.4 Å². The fraction of sp³-hybridized carbons (Fsp3) is 0.211. The fourth-order valence-corrected chi connectivity index (χ4v) is 2.91. The Hall–Kier alpha value is -2.00. The summed E-state index contributed by atoms with van der Waals surface area (Å²) >= 11 is 1.83. The molecule has 3 heteroatoms. The number of ketones is 1. The van der Waals surface area contributed by atoms with Crippen molar-refractivity contribution in [1.82, 2.24) is 0 Å². The van der Waals surface area contributed by atoms with Crippen LogP contribution in [0.5, 0.6) is 0 Å². The van der Waals surface area contributed by atoms with Crippen LogP contribution in [0.1, 0.15) is 30.6 Å². The van der Waals surface area contributed by atoms with Crippen LogP contribution < -0.4 is 5.32 Å². The van der Waals surface area contributed by atoms with Gasteiger partial charge in [0.2, 0.25) is 0 Å². The second kappa shape index (κ2) is 8.44. The zero-order valence-electron chi connectivity index (χ0n) is 13.0. The highest BCUT2D eigenvalue weighted by molar-refractivity contribution is 7.99. The van der Waals surface area contributed by atoms with Crippen LogP contribution in [0.2, 0.25) is 0 Å². The summed E-state index contributed by atoms with van der Waals surface area (Å²) in [5, 5.41) is 3.34. The lowest BCUT2D eigenvalue weighted by molar-refractivity contribution is 0.104. The predicted molar refractivity (Wildman–Crippen MR) is 95.6 cm³/mol. The molecule has 0 fully saturated rings. The molecule has 2 aromatic carbocycles. The van der Waals surface area contributed by atoms with Crippen molar-refractivity contribution in [3.8, 4) is 0 Å². The second-order valence-electron chi connectivity index (χ2n) is 5.03. The molecule has 0 spiro atoms. The van der Waals surface area contributed by atoms with Crippen LogP contribution in [0.4, 0.5) is 5.69 Å². The third kappa shape index (κ3) is 4.78. The van der Waals surface area contributed by atoms with Crippen LogP contribution in [0.15, 0.2) is 71.3 Å². The van der Waals surface area contributed by atoms with Gasteiger partial charge in [-0.3, -0.25) is 4.79 Å². The second-order valence-corrected chi connectivity index (χ2v) is 6.16. The first-order chi connectivity index (χ1) is 10.7. The number of thioether (sulfide) groups is 1. The van der Waals surface area contributed by atoms with Gasteiger partial charge in [0.1, 0.15) is 0 Å². The smallest absolute Gasteiger partial charge is 0.187 e. The lowest BCUT2D eigenvalue weighted by atomic mass is 10.1. The average Bonchev–Trinajstić information content (AvgIpc) is 2.54. The molecule has 1 N–H and O–H groups in total. The molecule has 0 aromatic heterocycles. The number of allylic oxidation sites excluding steroid dienone is 2. The Bertz CT molecular complexity index is 649. The molecule has 0 amide bonds. The average molecular weight is 311 g/mol.